The average Bonchev–Trinajstić information content (AvgIpc) is 3.68. The maximum Gasteiger partial charge on any atom is 0.409 e. The molecule has 6 rings (SSSR count). The Kier molecular flexibility index (Phi) is 22.2. The summed E-state index contributed by atoms with van der Waals surface area (Å²) in [5, 5.41) is 0. The number of esters is 1. The third-order valence-electron chi connectivity index (χ3n) is 10.8. The number of hydrogen-bond acceptors (Lipinski definition) is 14. The van der Waals surface area contributed by atoms with E-state index in [9.17, 15) is 19.3 Å². The molecule has 1 saturated heterocycles. The molecule has 5 aromatic rings. The van der Waals surface area contributed by atoms with E-state index in [4.69, 9.17) is 46.9 Å². The summed E-state index contributed by atoms with van der Waals surface area (Å²) in [6.45, 7) is 1.63. The Morgan fingerprint density at radius 2 is 1.04 bits per heavy atom. The van der Waals surface area contributed by atoms with Crippen LogP contribution in [-0.4, -0.2) is 104 Å². The molecular formula is C53H62NO14P. The molecule has 16 heteroatoms. The first-order chi connectivity index (χ1) is 33.6. The van der Waals surface area contributed by atoms with Crippen LogP contribution in [0.3, 0.4) is 0 Å². The van der Waals surface area contributed by atoms with Gasteiger partial charge in [0.25, 0.3) is 0 Å². The van der Waals surface area contributed by atoms with Crippen LogP contribution < -0.4 is 0 Å². The number of carbonyl (C=O) groups is 3. The second-order valence-corrected chi connectivity index (χ2v) is 17.5. The first-order valence-corrected chi connectivity index (χ1v) is 23.9. The molecule has 0 spiro atoms. The lowest BCUT2D eigenvalue weighted by Crippen LogP contribution is -2.48. The topological polar surface area (TPSA) is 167 Å². The number of Topliss-reactive ketones (excluding diaryl/α,β-unsaturated/α-hetero) is 1. The normalized spacial score (nSPS) is 18.4. The van der Waals surface area contributed by atoms with E-state index < -0.39 is 63.6 Å². The van der Waals surface area contributed by atoms with Crippen LogP contribution in [0, 0.1) is 0 Å². The Morgan fingerprint density at radius 3 is 1.54 bits per heavy atom. The summed E-state index contributed by atoms with van der Waals surface area (Å²) in [6.07, 6.45) is -8.56. The van der Waals surface area contributed by atoms with Gasteiger partial charge in [-0.15, -0.1) is 0 Å². The molecule has 1 heterocycles. The third-order valence-corrected chi connectivity index (χ3v) is 11.5. The summed E-state index contributed by atoms with van der Waals surface area (Å²) >= 11 is 0. The maximum absolute atomic E-state index is 13.3. The molecule has 1 fully saturated rings. The van der Waals surface area contributed by atoms with E-state index >= 15 is 0 Å². The largest absolute Gasteiger partial charge is 0.455 e. The number of amides is 1. The fourth-order valence-corrected chi connectivity index (χ4v) is 7.73. The number of carbonyl (C=O) groups excluding carboxylic acids is 3. The van der Waals surface area contributed by atoms with Crippen molar-refractivity contribution in [2.24, 2.45) is 0 Å². The Balaban J connectivity index is 1.31. The summed E-state index contributed by atoms with van der Waals surface area (Å²) in [4.78, 5) is 50.8. The van der Waals surface area contributed by atoms with E-state index in [1.165, 1.54) is 25.9 Å². The molecule has 1 amide bonds. The molecule has 0 aliphatic carbocycles. The van der Waals surface area contributed by atoms with E-state index in [-0.39, 0.29) is 71.5 Å². The van der Waals surface area contributed by atoms with Crippen molar-refractivity contribution in [2.45, 2.75) is 95.7 Å². The van der Waals surface area contributed by atoms with Crippen molar-refractivity contribution in [1.29, 1.82) is 0 Å². The number of benzene rings is 5. The Labute approximate surface area is 405 Å². The van der Waals surface area contributed by atoms with Crippen molar-refractivity contribution in [3.63, 3.8) is 0 Å². The first-order valence-electron chi connectivity index (χ1n) is 22.8. The quantitative estimate of drug-likeness (QED) is 0.0358. The van der Waals surface area contributed by atoms with Gasteiger partial charge in [-0.2, -0.15) is 0 Å². The molecule has 1 N–H and O–H groups in total. The van der Waals surface area contributed by atoms with Crippen molar-refractivity contribution in [3.8, 4) is 0 Å². The lowest BCUT2D eigenvalue weighted by molar-refractivity contribution is -0.217. The van der Waals surface area contributed by atoms with Crippen molar-refractivity contribution < 1.29 is 66.2 Å². The summed E-state index contributed by atoms with van der Waals surface area (Å²) in [7, 11) is 0.667. The molecule has 69 heavy (non-hydrogen) atoms. The molecule has 1 aliphatic rings. The van der Waals surface area contributed by atoms with E-state index in [0.717, 1.165) is 27.8 Å². The lowest BCUT2D eigenvalue weighted by Gasteiger charge is -2.34. The minimum atomic E-state index is -2.37. The Morgan fingerprint density at radius 1 is 0.580 bits per heavy atom. The minimum Gasteiger partial charge on any atom is -0.455 e. The second-order valence-electron chi connectivity index (χ2n) is 16.5. The van der Waals surface area contributed by atoms with Gasteiger partial charge in [0, 0.05) is 20.5 Å². The van der Waals surface area contributed by atoms with Gasteiger partial charge in [-0.3, -0.25) is 4.79 Å². The number of hydrogen-bond donors (Lipinski definition) is 1. The van der Waals surface area contributed by atoms with Crippen LogP contribution in [0.2, 0.25) is 0 Å². The molecule has 0 radical (unpaired) electrons. The number of nitrogens with zero attached hydrogens (tertiary/aromatic N) is 1. The van der Waals surface area contributed by atoms with Gasteiger partial charge >= 0.3 is 20.7 Å². The molecule has 0 aromatic heterocycles. The SMILES string of the molecule is CC(=O)CCC(=O)OC1C(COCc2ccccc2)OC(OCC(OCc2ccccc2)C(OCc2ccccc2)C(COP(O)OCc2ccccc2)OCc2ccccc2)C1OC(=O)N(C)C. The highest BCUT2D eigenvalue weighted by molar-refractivity contribution is 7.40. The van der Waals surface area contributed by atoms with Crippen molar-refractivity contribution >= 4 is 26.4 Å². The number of rotatable bonds is 29. The lowest BCUT2D eigenvalue weighted by atomic mass is 10.1. The summed E-state index contributed by atoms with van der Waals surface area (Å²) < 4.78 is 63.1. The molecule has 8 atom stereocenters. The highest BCUT2D eigenvalue weighted by Crippen LogP contribution is 2.36. The smallest absolute Gasteiger partial charge is 0.409 e. The molecule has 368 valence electrons. The fraction of sp³-hybridized carbons (Fsp3) is 0.377. The van der Waals surface area contributed by atoms with E-state index in [0.29, 0.717) is 0 Å². The monoisotopic (exact) mass is 967 g/mol. The first kappa shape index (κ1) is 52.9. The molecule has 0 saturated carbocycles. The highest BCUT2D eigenvalue weighted by atomic mass is 31.2. The van der Waals surface area contributed by atoms with Crippen LogP contribution in [0.4, 0.5) is 4.79 Å². The van der Waals surface area contributed by atoms with Gasteiger partial charge in [0.1, 0.15) is 30.2 Å². The predicted octanol–water partition coefficient (Wildman–Crippen LogP) is 8.50. The van der Waals surface area contributed by atoms with E-state index in [1.54, 1.807) is 0 Å². The van der Waals surface area contributed by atoms with Crippen molar-refractivity contribution in [3.05, 3.63) is 179 Å². The molecule has 0 bridgehead atoms. The average molecular weight is 968 g/mol. The van der Waals surface area contributed by atoms with E-state index in [1.807, 2.05) is 152 Å². The summed E-state index contributed by atoms with van der Waals surface area (Å²) in [6, 6.07) is 47.7. The zero-order chi connectivity index (χ0) is 48.6. The van der Waals surface area contributed by atoms with Crippen molar-refractivity contribution in [1.82, 2.24) is 4.90 Å². The minimum absolute atomic E-state index is 0.0387. The van der Waals surface area contributed by atoms with Gasteiger partial charge < -0.3 is 61.5 Å². The predicted molar refractivity (Wildman–Crippen MR) is 256 cm³/mol. The zero-order valence-corrected chi connectivity index (χ0v) is 40.1. The van der Waals surface area contributed by atoms with Gasteiger partial charge in [-0.05, 0) is 34.7 Å². The van der Waals surface area contributed by atoms with Gasteiger partial charge in [0.05, 0.1) is 59.3 Å². The standard InChI is InChI=1S/C53H62NO14P/c1-39(55)29-30-48(56)67-50-47(36-59-31-40-19-9-4-10-20-40)66-52(51(50)68-53(57)54(2)3)63-37-45(60-32-41-21-11-5-12-22-41)49(62-34-43-25-15-7-16-26-43)46(61-33-42-23-13-6-14-24-42)38-65-69(58)64-35-44-27-17-8-18-28-44/h4-28,45-47,49-52,58H,29-38H2,1-3H3. The number of ketones is 1. The van der Waals surface area contributed by atoms with Gasteiger partial charge in [-0.1, -0.05) is 152 Å². The number of ether oxygens (including phenoxy) is 8. The molecule has 1 aliphatic heterocycles. The third kappa shape index (κ3) is 18.4. The van der Waals surface area contributed by atoms with Crippen LogP contribution in [0.15, 0.2) is 152 Å². The van der Waals surface area contributed by atoms with Crippen molar-refractivity contribution in [2.75, 3.05) is 33.9 Å². The second kappa shape index (κ2) is 28.9. The van der Waals surface area contributed by atoms with E-state index in [2.05, 4.69) is 0 Å². The van der Waals surface area contributed by atoms with Crippen LogP contribution in [0.1, 0.15) is 47.6 Å². The molecular weight excluding hydrogens is 906 g/mol. The molecule has 5 aromatic carbocycles. The fourth-order valence-electron chi connectivity index (χ4n) is 7.12. The maximum atomic E-state index is 13.3. The summed E-state index contributed by atoms with van der Waals surface area (Å²) in [5.41, 5.74) is 4.36. The Bertz CT molecular complexity index is 2230. The van der Waals surface area contributed by atoms with Crippen LogP contribution in [-0.2, 0) is 89.6 Å². The molecule has 8 unspecified atom stereocenters. The Hall–Kier alpha value is -5.42. The van der Waals surface area contributed by atoms with Crippen LogP contribution in [0.5, 0.6) is 0 Å². The summed E-state index contributed by atoms with van der Waals surface area (Å²) in [5.74, 6) is -0.877. The zero-order valence-electron chi connectivity index (χ0n) is 39.2. The molecule has 15 nitrogen and oxygen atoms in total. The van der Waals surface area contributed by atoms with Gasteiger partial charge in [0.15, 0.2) is 18.5 Å². The van der Waals surface area contributed by atoms with Crippen LogP contribution >= 0.6 is 8.60 Å². The van der Waals surface area contributed by atoms with Gasteiger partial charge in [-0.25, -0.2) is 4.79 Å². The highest BCUT2D eigenvalue weighted by Gasteiger charge is 2.51. The van der Waals surface area contributed by atoms with Crippen LogP contribution in [0.25, 0.3) is 0 Å². The van der Waals surface area contributed by atoms with Gasteiger partial charge in [0.2, 0.25) is 0 Å².